The first kappa shape index (κ1) is 64.6. The number of aliphatic hydroxyl groups excluding tert-OH is 2. The van der Waals surface area contributed by atoms with Gasteiger partial charge < -0.3 is 20.3 Å². The van der Waals surface area contributed by atoms with Crippen molar-refractivity contribution in [3.63, 3.8) is 0 Å². The SMILES string of the molecule is CCCCCCCCCCCCCCCCCCCC(=O)OCCCCCCCC/C=C\CCCCCCCCCC(=O)NC(CO)C(O)CCCCCCCCCCCCCCCCC. The molecule has 392 valence electrons. The summed E-state index contributed by atoms with van der Waals surface area (Å²) in [5.74, 6) is -0.0420. The standard InChI is InChI=1S/C60H117NO5/c1-3-5-7-9-11-13-15-17-19-21-26-30-34-38-42-46-50-54-60(65)66-55-51-47-43-39-35-31-27-23-20-22-25-29-33-37-41-45-49-53-59(64)61-57(56-62)58(63)52-48-44-40-36-32-28-24-18-16-14-12-10-8-6-4-2/h20,23,57-58,62-63H,3-19,21-22,24-56H2,1-2H3,(H,61,64)/b23-20-. The van der Waals surface area contributed by atoms with E-state index in [2.05, 4.69) is 31.3 Å². The molecule has 0 spiro atoms. The van der Waals surface area contributed by atoms with E-state index in [0.29, 0.717) is 25.9 Å². The van der Waals surface area contributed by atoms with Crippen molar-refractivity contribution in [1.82, 2.24) is 5.32 Å². The van der Waals surface area contributed by atoms with Crippen LogP contribution in [0.4, 0.5) is 0 Å². The molecular weight excluding hydrogens is 815 g/mol. The molecule has 6 heteroatoms. The van der Waals surface area contributed by atoms with Crippen molar-refractivity contribution in [2.75, 3.05) is 13.2 Å². The van der Waals surface area contributed by atoms with Crippen molar-refractivity contribution in [3.05, 3.63) is 12.2 Å². The second kappa shape index (κ2) is 56.2. The largest absolute Gasteiger partial charge is 0.466 e. The lowest BCUT2D eigenvalue weighted by atomic mass is 10.0. The normalized spacial score (nSPS) is 12.6. The smallest absolute Gasteiger partial charge is 0.305 e. The summed E-state index contributed by atoms with van der Waals surface area (Å²) in [7, 11) is 0. The molecule has 0 aromatic heterocycles. The fourth-order valence-electron chi connectivity index (χ4n) is 9.46. The maximum atomic E-state index is 12.5. The third-order valence-electron chi connectivity index (χ3n) is 14.1. The minimum Gasteiger partial charge on any atom is -0.466 e. The average molecular weight is 933 g/mol. The Morgan fingerprint density at radius 3 is 1.08 bits per heavy atom. The van der Waals surface area contributed by atoms with Crippen LogP contribution in [0.3, 0.4) is 0 Å². The van der Waals surface area contributed by atoms with Gasteiger partial charge in [0.2, 0.25) is 5.91 Å². The number of carbonyl (C=O) groups is 2. The van der Waals surface area contributed by atoms with Crippen molar-refractivity contribution >= 4 is 11.9 Å². The Balaban J connectivity index is 3.43. The van der Waals surface area contributed by atoms with Gasteiger partial charge in [-0.25, -0.2) is 0 Å². The average Bonchev–Trinajstić information content (AvgIpc) is 3.32. The van der Waals surface area contributed by atoms with E-state index >= 15 is 0 Å². The summed E-state index contributed by atoms with van der Waals surface area (Å²) in [5, 5.41) is 23.3. The number of rotatable bonds is 56. The lowest BCUT2D eigenvalue weighted by molar-refractivity contribution is -0.143. The number of unbranched alkanes of at least 4 members (excludes halogenated alkanes) is 43. The molecule has 0 radical (unpaired) electrons. The summed E-state index contributed by atoms with van der Waals surface area (Å²) >= 11 is 0. The lowest BCUT2D eigenvalue weighted by Gasteiger charge is -2.22. The van der Waals surface area contributed by atoms with Gasteiger partial charge in [-0.2, -0.15) is 0 Å². The zero-order valence-electron chi connectivity index (χ0n) is 44.7. The molecule has 2 unspecified atom stereocenters. The molecule has 0 saturated carbocycles. The minimum atomic E-state index is -0.671. The molecule has 0 aliphatic rings. The van der Waals surface area contributed by atoms with E-state index in [1.165, 1.54) is 250 Å². The number of esters is 1. The first-order chi connectivity index (χ1) is 32.5. The van der Waals surface area contributed by atoms with Gasteiger partial charge in [0.15, 0.2) is 0 Å². The molecule has 3 N–H and O–H groups in total. The molecule has 0 aliphatic carbocycles. The highest BCUT2D eigenvalue weighted by Gasteiger charge is 2.20. The van der Waals surface area contributed by atoms with Crippen LogP contribution < -0.4 is 5.32 Å². The Hall–Kier alpha value is -1.40. The van der Waals surface area contributed by atoms with Crippen molar-refractivity contribution in [2.24, 2.45) is 0 Å². The monoisotopic (exact) mass is 932 g/mol. The van der Waals surface area contributed by atoms with Gasteiger partial charge in [0.25, 0.3) is 0 Å². The van der Waals surface area contributed by atoms with E-state index in [9.17, 15) is 19.8 Å². The number of hydrogen-bond donors (Lipinski definition) is 3. The van der Waals surface area contributed by atoms with Gasteiger partial charge in [0.05, 0.1) is 25.4 Å². The van der Waals surface area contributed by atoms with E-state index in [0.717, 1.165) is 51.4 Å². The van der Waals surface area contributed by atoms with Crippen LogP contribution in [-0.4, -0.2) is 47.4 Å². The van der Waals surface area contributed by atoms with Gasteiger partial charge in [-0.3, -0.25) is 9.59 Å². The highest BCUT2D eigenvalue weighted by atomic mass is 16.5. The van der Waals surface area contributed by atoms with Gasteiger partial charge in [-0.05, 0) is 51.4 Å². The van der Waals surface area contributed by atoms with Gasteiger partial charge in [0.1, 0.15) is 0 Å². The second-order valence-electron chi connectivity index (χ2n) is 20.7. The number of carbonyl (C=O) groups excluding carboxylic acids is 2. The lowest BCUT2D eigenvalue weighted by Crippen LogP contribution is -2.45. The van der Waals surface area contributed by atoms with Crippen LogP contribution in [0.15, 0.2) is 12.2 Å². The van der Waals surface area contributed by atoms with Crippen LogP contribution in [0.2, 0.25) is 0 Å². The van der Waals surface area contributed by atoms with E-state index < -0.39 is 12.1 Å². The van der Waals surface area contributed by atoms with Crippen LogP contribution in [-0.2, 0) is 14.3 Å². The first-order valence-electron chi connectivity index (χ1n) is 29.9. The molecule has 0 saturated heterocycles. The number of ether oxygens (including phenoxy) is 1. The van der Waals surface area contributed by atoms with Crippen LogP contribution in [0.5, 0.6) is 0 Å². The molecule has 2 atom stereocenters. The molecule has 0 fully saturated rings. The maximum absolute atomic E-state index is 12.5. The van der Waals surface area contributed by atoms with Crippen LogP contribution in [0, 0.1) is 0 Å². The predicted molar refractivity (Wildman–Crippen MR) is 287 cm³/mol. The summed E-state index contributed by atoms with van der Waals surface area (Å²) in [5.41, 5.74) is 0. The number of allylic oxidation sites excluding steroid dienone is 2. The molecule has 1 amide bonds. The Morgan fingerprint density at radius 1 is 0.409 bits per heavy atom. The number of nitrogens with one attached hydrogen (secondary N) is 1. The summed E-state index contributed by atoms with van der Waals surface area (Å²) < 4.78 is 5.48. The number of aliphatic hydroxyl groups is 2. The number of amides is 1. The topological polar surface area (TPSA) is 95.9 Å². The van der Waals surface area contributed by atoms with Gasteiger partial charge in [0, 0.05) is 12.8 Å². The van der Waals surface area contributed by atoms with Gasteiger partial charge in [-0.1, -0.05) is 283 Å². The van der Waals surface area contributed by atoms with E-state index in [1.54, 1.807) is 0 Å². The highest BCUT2D eigenvalue weighted by molar-refractivity contribution is 5.76. The van der Waals surface area contributed by atoms with E-state index in [-0.39, 0.29) is 18.5 Å². The van der Waals surface area contributed by atoms with Crippen LogP contribution >= 0.6 is 0 Å². The molecule has 0 aliphatic heterocycles. The van der Waals surface area contributed by atoms with Crippen molar-refractivity contribution in [1.29, 1.82) is 0 Å². The van der Waals surface area contributed by atoms with Crippen molar-refractivity contribution in [2.45, 2.75) is 347 Å². The van der Waals surface area contributed by atoms with Crippen LogP contribution in [0.1, 0.15) is 335 Å². The van der Waals surface area contributed by atoms with Gasteiger partial charge >= 0.3 is 5.97 Å². The van der Waals surface area contributed by atoms with Crippen LogP contribution in [0.25, 0.3) is 0 Å². The Bertz CT molecular complexity index is 986. The fourth-order valence-corrected chi connectivity index (χ4v) is 9.46. The molecule has 6 nitrogen and oxygen atoms in total. The number of hydrogen-bond acceptors (Lipinski definition) is 5. The maximum Gasteiger partial charge on any atom is 0.305 e. The first-order valence-corrected chi connectivity index (χ1v) is 29.9. The summed E-state index contributed by atoms with van der Waals surface area (Å²) in [6.45, 7) is 4.96. The molecule has 0 aromatic carbocycles. The quantitative estimate of drug-likeness (QED) is 0.0321. The molecule has 0 aromatic rings. The molecule has 66 heavy (non-hydrogen) atoms. The van der Waals surface area contributed by atoms with E-state index in [4.69, 9.17) is 4.74 Å². The van der Waals surface area contributed by atoms with Gasteiger partial charge in [-0.15, -0.1) is 0 Å². The fraction of sp³-hybridized carbons (Fsp3) is 0.933. The summed E-state index contributed by atoms with van der Waals surface area (Å²) in [4.78, 5) is 24.5. The summed E-state index contributed by atoms with van der Waals surface area (Å²) in [6.07, 6.45) is 66.3. The molecule has 0 bridgehead atoms. The highest BCUT2D eigenvalue weighted by Crippen LogP contribution is 2.18. The van der Waals surface area contributed by atoms with Crippen molar-refractivity contribution in [3.8, 4) is 0 Å². The Kier molecular flexibility index (Phi) is 55.0. The van der Waals surface area contributed by atoms with Crippen molar-refractivity contribution < 1.29 is 24.5 Å². The predicted octanol–water partition coefficient (Wildman–Crippen LogP) is 18.5. The third-order valence-corrected chi connectivity index (χ3v) is 14.1. The zero-order chi connectivity index (χ0) is 47.9. The molecule has 0 rings (SSSR count). The zero-order valence-corrected chi connectivity index (χ0v) is 44.7. The third kappa shape index (κ3) is 52.0. The summed E-state index contributed by atoms with van der Waals surface area (Å²) in [6, 6.07) is -0.549. The minimum absolute atomic E-state index is 0.00281. The van der Waals surface area contributed by atoms with E-state index in [1.807, 2.05) is 0 Å². The molecule has 0 heterocycles. The second-order valence-corrected chi connectivity index (χ2v) is 20.7. The Labute approximate surface area is 412 Å². The molecular formula is C60H117NO5. The Morgan fingerprint density at radius 2 is 0.712 bits per heavy atom.